The van der Waals surface area contributed by atoms with Gasteiger partial charge in [-0.1, -0.05) is 23.7 Å². The van der Waals surface area contributed by atoms with Crippen LogP contribution in [-0.4, -0.2) is 15.0 Å². The largest absolute Gasteiger partial charge is 0.219 e. The summed E-state index contributed by atoms with van der Waals surface area (Å²) < 4.78 is 14.4. The second-order valence-corrected chi connectivity index (χ2v) is 4.49. The van der Waals surface area contributed by atoms with Gasteiger partial charge in [-0.25, -0.2) is 9.07 Å². The Morgan fingerprint density at radius 1 is 1.47 bits per heavy atom. The van der Waals surface area contributed by atoms with Crippen molar-refractivity contribution < 1.29 is 4.39 Å². The molecule has 0 saturated heterocycles. The second kappa shape index (κ2) is 5.02. The molecule has 0 radical (unpaired) electrons. The fraction of sp³-hybridized carbons (Fsp3) is 0.273. The number of rotatable bonds is 3. The zero-order chi connectivity index (χ0) is 12.4. The van der Waals surface area contributed by atoms with Crippen molar-refractivity contribution in [2.24, 2.45) is 0 Å². The van der Waals surface area contributed by atoms with Gasteiger partial charge in [0.1, 0.15) is 11.5 Å². The van der Waals surface area contributed by atoms with Crippen LogP contribution in [-0.2, 0) is 0 Å². The van der Waals surface area contributed by atoms with Gasteiger partial charge in [0.05, 0.1) is 22.3 Å². The van der Waals surface area contributed by atoms with Gasteiger partial charge >= 0.3 is 0 Å². The smallest absolute Gasteiger partial charge is 0.124 e. The third-order valence-corrected chi connectivity index (χ3v) is 3.18. The molecule has 1 atom stereocenters. The minimum absolute atomic E-state index is 0.178. The molecule has 0 bridgehead atoms. The lowest BCUT2D eigenvalue weighted by Gasteiger charge is -2.03. The number of hydrogen-bond donors (Lipinski definition) is 0. The molecule has 0 saturated carbocycles. The summed E-state index contributed by atoms with van der Waals surface area (Å²) in [5.41, 5.74) is 1.25. The monoisotopic (exact) mass is 273 g/mol. The van der Waals surface area contributed by atoms with E-state index in [9.17, 15) is 4.39 Å². The van der Waals surface area contributed by atoms with Crippen LogP contribution in [0.1, 0.15) is 24.4 Å². The molecule has 0 N–H and O–H groups in total. The molecule has 3 nitrogen and oxygen atoms in total. The molecule has 0 aliphatic heterocycles. The Kier molecular flexibility index (Phi) is 3.64. The number of alkyl halides is 1. The summed E-state index contributed by atoms with van der Waals surface area (Å²) in [5, 5.41) is 7.98. The molecular weight excluding hydrogens is 264 g/mol. The molecule has 90 valence electrons. The van der Waals surface area contributed by atoms with Crippen molar-refractivity contribution in [2.45, 2.75) is 18.7 Å². The highest BCUT2D eigenvalue weighted by Crippen LogP contribution is 2.24. The quantitative estimate of drug-likeness (QED) is 0.798. The molecular formula is C11H10Cl2FN3. The van der Waals surface area contributed by atoms with E-state index >= 15 is 0 Å². The summed E-state index contributed by atoms with van der Waals surface area (Å²) in [7, 11) is 0. The Bertz CT molecular complexity index is 527. The Hall–Kier alpha value is -1.13. The molecule has 1 aromatic heterocycles. The summed E-state index contributed by atoms with van der Waals surface area (Å²) in [6, 6.07) is 4.10. The number of benzene rings is 1. The fourth-order valence-corrected chi connectivity index (χ4v) is 1.77. The number of aromatic nitrogens is 3. The van der Waals surface area contributed by atoms with Crippen LogP contribution < -0.4 is 0 Å². The molecule has 1 unspecified atom stereocenters. The van der Waals surface area contributed by atoms with Crippen LogP contribution in [0.15, 0.2) is 24.4 Å². The van der Waals surface area contributed by atoms with Crippen LogP contribution in [0.25, 0.3) is 5.69 Å². The van der Waals surface area contributed by atoms with Crippen LogP contribution in [0, 0.1) is 5.82 Å². The lowest BCUT2D eigenvalue weighted by molar-refractivity contribution is 0.627. The van der Waals surface area contributed by atoms with Crippen LogP contribution in [0.3, 0.4) is 0 Å². The van der Waals surface area contributed by atoms with Gasteiger partial charge in [0.2, 0.25) is 0 Å². The fourth-order valence-electron chi connectivity index (χ4n) is 1.41. The lowest BCUT2D eigenvalue weighted by Crippen LogP contribution is -1.96. The molecule has 1 heterocycles. The highest BCUT2D eigenvalue weighted by molar-refractivity contribution is 6.32. The molecule has 2 rings (SSSR count). The highest BCUT2D eigenvalue weighted by atomic mass is 35.5. The Morgan fingerprint density at radius 2 is 2.24 bits per heavy atom. The number of halogens is 3. The van der Waals surface area contributed by atoms with Gasteiger partial charge < -0.3 is 0 Å². The molecule has 6 heteroatoms. The SMILES string of the molecule is CCC(Cl)c1cn(-c2ccc(F)cc2Cl)nn1. The van der Waals surface area contributed by atoms with E-state index in [1.165, 1.54) is 16.8 Å². The third kappa shape index (κ3) is 2.58. The molecule has 0 amide bonds. The van der Waals surface area contributed by atoms with E-state index in [2.05, 4.69) is 10.3 Å². The molecule has 17 heavy (non-hydrogen) atoms. The zero-order valence-electron chi connectivity index (χ0n) is 9.07. The molecule has 0 spiro atoms. The number of hydrogen-bond acceptors (Lipinski definition) is 2. The normalized spacial score (nSPS) is 12.7. The van der Waals surface area contributed by atoms with Crippen molar-refractivity contribution in [3.63, 3.8) is 0 Å². The Morgan fingerprint density at radius 3 is 2.88 bits per heavy atom. The maximum atomic E-state index is 12.9. The summed E-state index contributed by atoms with van der Waals surface area (Å²) in [6.45, 7) is 1.96. The van der Waals surface area contributed by atoms with Crippen molar-refractivity contribution in [1.82, 2.24) is 15.0 Å². The van der Waals surface area contributed by atoms with Crippen LogP contribution in [0.4, 0.5) is 4.39 Å². The zero-order valence-corrected chi connectivity index (χ0v) is 10.6. The van der Waals surface area contributed by atoms with E-state index in [0.717, 1.165) is 6.42 Å². The van der Waals surface area contributed by atoms with E-state index in [1.807, 2.05) is 6.92 Å². The van der Waals surface area contributed by atoms with Gasteiger partial charge in [-0.3, -0.25) is 0 Å². The number of nitrogens with zero attached hydrogens (tertiary/aromatic N) is 3. The third-order valence-electron chi connectivity index (χ3n) is 2.35. The van der Waals surface area contributed by atoms with Crippen LogP contribution in [0.5, 0.6) is 0 Å². The van der Waals surface area contributed by atoms with Crippen molar-refractivity contribution in [3.05, 3.63) is 40.9 Å². The van der Waals surface area contributed by atoms with E-state index in [-0.39, 0.29) is 16.2 Å². The molecule has 1 aromatic carbocycles. The van der Waals surface area contributed by atoms with E-state index in [4.69, 9.17) is 23.2 Å². The summed E-state index contributed by atoms with van der Waals surface area (Å²) >= 11 is 12.0. The van der Waals surface area contributed by atoms with Crippen molar-refractivity contribution >= 4 is 23.2 Å². The van der Waals surface area contributed by atoms with Gasteiger partial charge in [-0.05, 0) is 24.6 Å². The van der Waals surface area contributed by atoms with Crippen LogP contribution in [0.2, 0.25) is 5.02 Å². The highest BCUT2D eigenvalue weighted by Gasteiger charge is 2.12. The van der Waals surface area contributed by atoms with Gasteiger partial charge in [-0.15, -0.1) is 16.7 Å². The van der Waals surface area contributed by atoms with Crippen molar-refractivity contribution in [3.8, 4) is 5.69 Å². The Balaban J connectivity index is 2.37. The Labute approximate surface area is 108 Å². The van der Waals surface area contributed by atoms with Gasteiger partial charge in [-0.2, -0.15) is 0 Å². The van der Waals surface area contributed by atoms with Crippen molar-refractivity contribution in [2.75, 3.05) is 0 Å². The molecule has 0 aliphatic carbocycles. The summed E-state index contributed by atoms with van der Waals surface area (Å²) in [4.78, 5) is 0. The van der Waals surface area contributed by atoms with E-state index in [1.54, 1.807) is 12.3 Å². The van der Waals surface area contributed by atoms with E-state index < -0.39 is 0 Å². The maximum absolute atomic E-state index is 12.9. The lowest BCUT2D eigenvalue weighted by atomic mass is 10.2. The average molecular weight is 274 g/mol. The average Bonchev–Trinajstić information content (AvgIpc) is 2.77. The standard InChI is InChI=1S/C11H10Cl2FN3/c1-2-8(12)10-6-17(16-15-10)11-4-3-7(14)5-9(11)13/h3-6,8H,2H2,1H3. The summed E-state index contributed by atoms with van der Waals surface area (Å²) in [5.74, 6) is -0.386. The predicted octanol–water partition coefficient (Wildman–Crippen LogP) is 3.75. The topological polar surface area (TPSA) is 30.7 Å². The first-order valence-corrected chi connectivity index (χ1v) is 5.95. The molecule has 0 aliphatic rings. The predicted molar refractivity (Wildman–Crippen MR) is 65.2 cm³/mol. The maximum Gasteiger partial charge on any atom is 0.124 e. The van der Waals surface area contributed by atoms with Gasteiger partial charge in [0, 0.05) is 0 Å². The van der Waals surface area contributed by atoms with Crippen molar-refractivity contribution in [1.29, 1.82) is 0 Å². The summed E-state index contributed by atoms with van der Waals surface area (Å²) in [6.07, 6.45) is 2.46. The molecule has 2 aromatic rings. The second-order valence-electron chi connectivity index (χ2n) is 3.56. The first-order chi connectivity index (χ1) is 8.11. The first kappa shape index (κ1) is 12.3. The minimum atomic E-state index is -0.386. The van der Waals surface area contributed by atoms with Crippen LogP contribution >= 0.6 is 23.2 Å². The first-order valence-electron chi connectivity index (χ1n) is 5.13. The minimum Gasteiger partial charge on any atom is -0.219 e. The van der Waals surface area contributed by atoms with E-state index in [0.29, 0.717) is 11.4 Å². The van der Waals surface area contributed by atoms with Gasteiger partial charge in [0.15, 0.2) is 0 Å². The van der Waals surface area contributed by atoms with Gasteiger partial charge in [0.25, 0.3) is 0 Å². The molecule has 0 fully saturated rings.